The summed E-state index contributed by atoms with van der Waals surface area (Å²) in [4.78, 5) is 12.0. The Labute approximate surface area is 114 Å². The standard InChI is InChI=1S/C14H21ClN2O/c1-9(2)8-16-11(4)14(18)17-13-7-5-6-12(15)10(13)3/h5-7,9,11,16H,8H2,1-4H3,(H,17,18)/t11-/m1/s1. The second-order valence-electron chi connectivity index (χ2n) is 4.93. The van der Waals surface area contributed by atoms with E-state index < -0.39 is 0 Å². The average molecular weight is 269 g/mol. The third kappa shape index (κ3) is 4.31. The number of carbonyl (C=O) groups excluding carboxylic acids is 1. The molecule has 1 amide bonds. The van der Waals surface area contributed by atoms with Gasteiger partial charge in [-0.2, -0.15) is 0 Å². The molecule has 4 heteroatoms. The smallest absolute Gasteiger partial charge is 0.241 e. The van der Waals surface area contributed by atoms with Crippen molar-refractivity contribution >= 4 is 23.2 Å². The first kappa shape index (κ1) is 15.0. The van der Waals surface area contributed by atoms with Crippen molar-refractivity contribution in [3.8, 4) is 0 Å². The van der Waals surface area contributed by atoms with Crippen molar-refractivity contribution in [3.63, 3.8) is 0 Å². The highest BCUT2D eigenvalue weighted by Crippen LogP contribution is 2.22. The summed E-state index contributed by atoms with van der Waals surface area (Å²) in [6.45, 7) is 8.79. The van der Waals surface area contributed by atoms with E-state index in [0.717, 1.165) is 17.8 Å². The van der Waals surface area contributed by atoms with Crippen molar-refractivity contribution in [2.45, 2.75) is 33.7 Å². The number of halogens is 1. The second-order valence-corrected chi connectivity index (χ2v) is 5.33. The van der Waals surface area contributed by atoms with Gasteiger partial charge in [0.15, 0.2) is 0 Å². The van der Waals surface area contributed by atoms with E-state index >= 15 is 0 Å². The molecule has 100 valence electrons. The normalized spacial score (nSPS) is 12.6. The molecule has 0 heterocycles. The molecule has 0 unspecified atom stereocenters. The Hall–Kier alpha value is -1.06. The molecular weight excluding hydrogens is 248 g/mol. The molecule has 0 saturated carbocycles. The van der Waals surface area contributed by atoms with Gasteiger partial charge in [0, 0.05) is 10.7 Å². The second kappa shape index (κ2) is 6.76. The van der Waals surface area contributed by atoms with Gasteiger partial charge in [0.05, 0.1) is 6.04 Å². The Morgan fingerprint density at radius 3 is 2.61 bits per heavy atom. The van der Waals surface area contributed by atoms with Gasteiger partial charge in [-0.25, -0.2) is 0 Å². The maximum atomic E-state index is 12.0. The molecule has 0 saturated heterocycles. The largest absolute Gasteiger partial charge is 0.324 e. The summed E-state index contributed by atoms with van der Waals surface area (Å²) in [5.74, 6) is 0.481. The number of anilines is 1. The number of benzene rings is 1. The summed E-state index contributed by atoms with van der Waals surface area (Å²) in [5, 5.41) is 6.74. The van der Waals surface area contributed by atoms with Crippen molar-refractivity contribution in [3.05, 3.63) is 28.8 Å². The first-order valence-corrected chi connectivity index (χ1v) is 6.59. The summed E-state index contributed by atoms with van der Waals surface area (Å²) >= 11 is 6.01. The molecule has 1 aromatic carbocycles. The number of carbonyl (C=O) groups is 1. The van der Waals surface area contributed by atoms with Gasteiger partial charge in [0.1, 0.15) is 0 Å². The van der Waals surface area contributed by atoms with Gasteiger partial charge < -0.3 is 10.6 Å². The number of hydrogen-bond acceptors (Lipinski definition) is 2. The maximum absolute atomic E-state index is 12.0. The van der Waals surface area contributed by atoms with Crippen molar-refractivity contribution in [1.82, 2.24) is 5.32 Å². The van der Waals surface area contributed by atoms with E-state index in [1.807, 2.05) is 32.0 Å². The van der Waals surface area contributed by atoms with Crippen LogP contribution in [0.25, 0.3) is 0 Å². The number of nitrogens with one attached hydrogen (secondary N) is 2. The molecule has 0 fully saturated rings. The zero-order chi connectivity index (χ0) is 13.7. The van der Waals surface area contributed by atoms with Crippen LogP contribution in [0.5, 0.6) is 0 Å². The van der Waals surface area contributed by atoms with E-state index in [1.165, 1.54) is 0 Å². The highest BCUT2D eigenvalue weighted by atomic mass is 35.5. The van der Waals surface area contributed by atoms with Crippen LogP contribution in [0.2, 0.25) is 5.02 Å². The third-order valence-corrected chi connectivity index (χ3v) is 3.16. The molecule has 1 atom stereocenters. The van der Waals surface area contributed by atoms with Crippen LogP contribution in [-0.2, 0) is 4.79 Å². The van der Waals surface area contributed by atoms with E-state index in [4.69, 9.17) is 11.6 Å². The highest BCUT2D eigenvalue weighted by molar-refractivity contribution is 6.31. The summed E-state index contributed by atoms with van der Waals surface area (Å²) < 4.78 is 0. The Morgan fingerprint density at radius 1 is 1.33 bits per heavy atom. The predicted octanol–water partition coefficient (Wildman–Crippen LogP) is 3.22. The molecule has 1 rings (SSSR count). The number of amides is 1. The molecule has 0 radical (unpaired) electrons. The summed E-state index contributed by atoms with van der Waals surface area (Å²) in [5.41, 5.74) is 1.66. The van der Waals surface area contributed by atoms with Crippen LogP contribution < -0.4 is 10.6 Å². The fourth-order valence-electron chi connectivity index (χ4n) is 1.49. The van der Waals surface area contributed by atoms with Gasteiger partial charge in [0.2, 0.25) is 5.91 Å². The lowest BCUT2D eigenvalue weighted by atomic mass is 10.1. The van der Waals surface area contributed by atoms with Crippen LogP contribution in [0.1, 0.15) is 26.3 Å². The SMILES string of the molecule is Cc1c(Cl)cccc1NC(=O)[C@@H](C)NCC(C)C. The van der Waals surface area contributed by atoms with Gasteiger partial charge in [-0.05, 0) is 44.0 Å². The maximum Gasteiger partial charge on any atom is 0.241 e. The van der Waals surface area contributed by atoms with Crippen LogP contribution >= 0.6 is 11.6 Å². The highest BCUT2D eigenvalue weighted by Gasteiger charge is 2.14. The topological polar surface area (TPSA) is 41.1 Å². The van der Waals surface area contributed by atoms with Crippen molar-refractivity contribution in [2.75, 3.05) is 11.9 Å². The molecule has 0 aliphatic rings. The lowest BCUT2D eigenvalue weighted by molar-refractivity contribution is -0.117. The minimum Gasteiger partial charge on any atom is -0.324 e. The molecule has 0 aliphatic heterocycles. The van der Waals surface area contributed by atoms with Crippen LogP contribution in [-0.4, -0.2) is 18.5 Å². The summed E-state index contributed by atoms with van der Waals surface area (Å²) in [6, 6.07) is 5.28. The molecular formula is C14H21ClN2O. The average Bonchev–Trinajstić information content (AvgIpc) is 2.31. The molecule has 0 aromatic heterocycles. The van der Waals surface area contributed by atoms with Crippen LogP contribution in [0, 0.1) is 12.8 Å². The quantitative estimate of drug-likeness (QED) is 0.861. The van der Waals surface area contributed by atoms with E-state index in [2.05, 4.69) is 24.5 Å². The molecule has 18 heavy (non-hydrogen) atoms. The number of rotatable bonds is 5. The summed E-state index contributed by atoms with van der Waals surface area (Å²) in [7, 11) is 0. The van der Waals surface area contributed by atoms with Crippen LogP contribution in [0.4, 0.5) is 5.69 Å². The Balaban J connectivity index is 2.61. The first-order valence-electron chi connectivity index (χ1n) is 6.21. The van der Waals surface area contributed by atoms with E-state index in [-0.39, 0.29) is 11.9 Å². The third-order valence-electron chi connectivity index (χ3n) is 2.75. The van der Waals surface area contributed by atoms with E-state index in [1.54, 1.807) is 0 Å². The van der Waals surface area contributed by atoms with Gasteiger partial charge in [0.25, 0.3) is 0 Å². The minimum absolute atomic E-state index is 0.0407. The molecule has 0 spiro atoms. The lowest BCUT2D eigenvalue weighted by Gasteiger charge is -2.16. The fourth-order valence-corrected chi connectivity index (χ4v) is 1.66. The van der Waals surface area contributed by atoms with Crippen molar-refractivity contribution in [2.24, 2.45) is 5.92 Å². The van der Waals surface area contributed by atoms with Gasteiger partial charge in [-0.3, -0.25) is 4.79 Å². The summed E-state index contributed by atoms with van der Waals surface area (Å²) in [6.07, 6.45) is 0. The van der Waals surface area contributed by atoms with Gasteiger partial charge in [-0.15, -0.1) is 0 Å². The number of hydrogen-bond donors (Lipinski definition) is 2. The Morgan fingerprint density at radius 2 is 2.00 bits per heavy atom. The zero-order valence-corrected chi connectivity index (χ0v) is 12.1. The molecule has 0 aliphatic carbocycles. The van der Waals surface area contributed by atoms with Gasteiger partial charge in [-0.1, -0.05) is 31.5 Å². The minimum atomic E-state index is -0.217. The predicted molar refractivity (Wildman–Crippen MR) is 77.1 cm³/mol. The molecule has 3 nitrogen and oxygen atoms in total. The van der Waals surface area contributed by atoms with Crippen LogP contribution in [0.3, 0.4) is 0 Å². The van der Waals surface area contributed by atoms with Gasteiger partial charge >= 0.3 is 0 Å². The fraction of sp³-hybridized carbons (Fsp3) is 0.500. The van der Waals surface area contributed by atoms with E-state index in [0.29, 0.717) is 10.9 Å². The molecule has 1 aromatic rings. The van der Waals surface area contributed by atoms with Crippen molar-refractivity contribution < 1.29 is 4.79 Å². The first-order chi connectivity index (χ1) is 8.41. The lowest BCUT2D eigenvalue weighted by Crippen LogP contribution is -2.39. The van der Waals surface area contributed by atoms with Crippen LogP contribution in [0.15, 0.2) is 18.2 Å². The molecule has 2 N–H and O–H groups in total. The zero-order valence-electron chi connectivity index (χ0n) is 11.4. The Bertz CT molecular complexity index is 418. The van der Waals surface area contributed by atoms with Crippen molar-refractivity contribution in [1.29, 1.82) is 0 Å². The van der Waals surface area contributed by atoms with E-state index in [9.17, 15) is 4.79 Å². The Kier molecular flexibility index (Phi) is 5.63. The monoisotopic (exact) mass is 268 g/mol. The molecule has 0 bridgehead atoms.